The Morgan fingerprint density at radius 2 is 1.77 bits per heavy atom. The SMILES string of the molecule is CC1(C)CC(Nc2ccc(-c3ccc(-c4cn[nH]c4)c4ncsc34)nn2)CC(C)(C)N1. The molecule has 7 nitrogen and oxygen atoms in total. The van der Waals surface area contributed by atoms with Crippen LogP contribution in [0.15, 0.2) is 42.2 Å². The van der Waals surface area contributed by atoms with E-state index in [1.807, 2.05) is 30.0 Å². The van der Waals surface area contributed by atoms with Crippen molar-refractivity contribution in [2.24, 2.45) is 0 Å². The van der Waals surface area contributed by atoms with E-state index in [0.29, 0.717) is 6.04 Å². The van der Waals surface area contributed by atoms with E-state index in [-0.39, 0.29) is 11.1 Å². The van der Waals surface area contributed by atoms with E-state index in [1.165, 1.54) is 0 Å². The van der Waals surface area contributed by atoms with Crippen LogP contribution in [0.4, 0.5) is 5.82 Å². The Labute approximate surface area is 185 Å². The molecule has 4 aromatic rings. The molecule has 0 saturated carbocycles. The molecule has 3 aromatic heterocycles. The van der Waals surface area contributed by atoms with Crippen molar-refractivity contribution in [3.63, 3.8) is 0 Å². The van der Waals surface area contributed by atoms with E-state index in [4.69, 9.17) is 0 Å². The number of rotatable bonds is 4. The van der Waals surface area contributed by atoms with Crippen molar-refractivity contribution in [1.29, 1.82) is 0 Å². The summed E-state index contributed by atoms with van der Waals surface area (Å²) in [6, 6.07) is 8.60. The van der Waals surface area contributed by atoms with Crippen LogP contribution in [0.1, 0.15) is 40.5 Å². The van der Waals surface area contributed by atoms with Crippen LogP contribution in [0.25, 0.3) is 32.6 Å². The van der Waals surface area contributed by atoms with Gasteiger partial charge in [0.05, 0.1) is 27.6 Å². The first-order valence-corrected chi connectivity index (χ1v) is 11.4. The maximum Gasteiger partial charge on any atom is 0.148 e. The molecule has 5 rings (SSSR count). The van der Waals surface area contributed by atoms with Gasteiger partial charge >= 0.3 is 0 Å². The van der Waals surface area contributed by atoms with E-state index in [0.717, 1.165) is 51.3 Å². The Hall–Kier alpha value is -2.84. The highest BCUT2D eigenvalue weighted by molar-refractivity contribution is 7.17. The quantitative estimate of drug-likeness (QED) is 0.425. The lowest BCUT2D eigenvalue weighted by Crippen LogP contribution is -2.60. The predicted octanol–water partition coefficient (Wildman–Crippen LogP) is 4.86. The number of H-pyrrole nitrogens is 1. The highest BCUT2D eigenvalue weighted by atomic mass is 32.1. The molecule has 0 atom stereocenters. The van der Waals surface area contributed by atoms with E-state index < -0.39 is 0 Å². The third-order valence-electron chi connectivity index (χ3n) is 5.78. The highest BCUT2D eigenvalue weighted by Crippen LogP contribution is 2.36. The fraction of sp³-hybridized carbons (Fsp3) is 0.391. The first-order valence-electron chi connectivity index (χ1n) is 10.6. The van der Waals surface area contributed by atoms with Gasteiger partial charge < -0.3 is 10.6 Å². The molecule has 0 radical (unpaired) electrons. The summed E-state index contributed by atoms with van der Waals surface area (Å²) in [6.45, 7) is 9.02. The Morgan fingerprint density at radius 1 is 1.00 bits per heavy atom. The predicted molar refractivity (Wildman–Crippen MR) is 126 cm³/mol. The van der Waals surface area contributed by atoms with Crippen LogP contribution in [-0.4, -0.2) is 42.5 Å². The number of fused-ring (bicyclic) bond motifs is 1. The lowest BCUT2D eigenvalue weighted by molar-refractivity contribution is 0.170. The van der Waals surface area contributed by atoms with Crippen molar-refractivity contribution < 1.29 is 0 Å². The standard InChI is InChI=1S/C23H27N7S/c1-22(2)9-15(10-23(3,4)30-22)27-19-8-7-18(28-29-19)17-6-5-16(14-11-25-26-12-14)20-21(17)31-13-24-20/h5-8,11-13,15,30H,9-10H2,1-4H3,(H,25,26)(H,27,29). The maximum atomic E-state index is 4.59. The number of aromatic amines is 1. The van der Waals surface area contributed by atoms with Crippen molar-refractivity contribution in [1.82, 2.24) is 30.7 Å². The van der Waals surface area contributed by atoms with Crippen molar-refractivity contribution in [3.05, 3.63) is 42.2 Å². The first kappa shape index (κ1) is 20.1. The van der Waals surface area contributed by atoms with Crippen LogP contribution in [0.3, 0.4) is 0 Å². The highest BCUT2D eigenvalue weighted by Gasteiger charge is 2.37. The summed E-state index contributed by atoms with van der Waals surface area (Å²) in [5, 5.41) is 23.3. The Morgan fingerprint density at radius 3 is 2.45 bits per heavy atom. The molecule has 4 heterocycles. The van der Waals surface area contributed by atoms with Gasteiger partial charge in [0.25, 0.3) is 0 Å². The molecule has 1 aliphatic rings. The lowest BCUT2D eigenvalue weighted by Gasteiger charge is -2.46. The number of nitrogens with one attached hydrogen (secondary N) is 3. The molecule has 0 unspecified atom stereocenters. The summed E-state index contributed by atoms with van der Waals surface area (Å²) < 4.78 is 1.11. The zero-order valence-corrected chi connectivity index (χ0v) is 19.0. The summed E-state index contributed by atoms with van der Waals surface area (Å²) in [6.07, 6.45) is 5.78. The van der Waals surface area contributed by atoms with Gasteiger partial charge in [-0.3, -0.25) is 5.10 Å². The normalized spacial score (nSPS) is 18.3. The monoisotopic (exact) mass is 433 g/mol. The molecular weight excluding hydrogens is 406 g/mol. The topological polar surface area (TPSA) is 91.4 Å². The van der Waals surface area contributed by atoms with Crippen LogP contribution in [0, 0.1) is 0 Å². The van der Waals surface area contributed by atoms with Crippen LogP contribution in [0.2, 0.25) is 0 Å². The van der Waals surface area contributed by atoms with Gasteiger partial charge in [0.15, 0.2) is 0 Å². The van der Waals surface area contributed by atoms with Gasteiger partial charge in [0.1, 0.15) is 5.82 Å². The maximum absolute atomic E-state index is 4.59. The second kappa shape index (κ2) is 7.39. The molecule has 0 spiro atoms. The van der Waals surface area contributed by atoms with Gasteiger partial charge in [-0.2, -0.15) is 5.10 Å². The van der Waals surface area contributed by atoms with Gasteiger partial charge in [0, 0.05) is 40.0 Å². The number of hydrogen-bond acceptors (Lipinski definition) is 7. The second-order valence-corrected chi connectivity index (χ2v) is 10.5. The molecule has 0 aliphatic carbocycles. The van der Waals surface area contributed by atoms with Gasteiger partial charge in [-0.1, -0.05) is 12.1 Å². The molecule has 0 amide bonds. The fourth-order valence-corrected chi connectivity index (χ4v) is 5.81. The number of nitrogens with zero attached hydrogens (tertiary/aromatic N) is 4. The number of thiazole rings is 1. The fourth-order valence-electron chi connectivity index (χ4n) is 4.97. The molecular formula is C23H27N7S. The van der Waals surface area contributed by atoms with Crippen molar-refractivity contribution in [3.8, 4) is 22.4 Å². The molecule has 1 fully saturated rings. The van der Waals surface area contributed by atoms with Gasteiger partial charge in [-0.15, -0.1) is 21.5 Å². The minimum absolute atomic E-state index is 0.0846. The summed E-state index contributed by atoms with van der Waals surface area (Å²) >= 11 is 1.62. The average Bonchev–Trinajstić information content (AvgIpc) is 3.38. The second-order valence-electron chi connectivity index (χ2n) is 9.62. The summed E-state index contributed by atoms with van der Waals surface area (Å²) in [5.41, 5.74) is 7.01. The minimum Gasteiger partial charge on any atom is -0.366 e. The van der Waals surface area contributed by atoms with Gasteiger partial charge in [-0.05, 0) is 52.7 Å². The summed E-state index contributed by atoms with van der Waals surface area (Å²) in [7, 11) is 0. The molecule has 3 N–H and O–H groups in total. The van der Waals surface area contributed by atoms with Crippen molar-refractivity contribution in [2.75, 3.05) is 5.32 Å². The number of hydrogen-bond donors (Lipinski definition) is 3. The zero-order chi connectivity index (χ0) is 21.6. The van der Waals surface area contributed by atoms with Crippen LogP contribution >= 0.6 is 11.3 Å². The molecule has 1 aliphatic heterocycles. The summed E-state index contributed by atoms with van der Waals surface area (Å²) in [4.78, 5) is 4.59. The zero-order valence-electron chi connectivity index (χ0n) is 18.2. The van der Waals surface area contributed by atoms with Crippen LogP contribution < -0.4 is 10.6 Å². The molecule has 0 bridgehead atoms. The van der Waals surface area contributed by atoms with E-state index in [2.05, 4.69) is 75.8 Å². The minimum atomic E-state index is 0.0846. The molecule has 1 saturated heterocycles. The molecule has 1 aromatic carbocycles. The number of aromatic nitrogens is 5. The molecule has 8 heteroatoms. The van der Waals surface area contributed by atoms with Crippen molar-refractivity contribution in [2.45, 2.75) is 57.7 Å². The third-order valence-corrected chi connectivity index (χ3v) is 6.64. The van der Waals surface area contributed by atoms with Gasteiger partial charge in [-0.25, -0.2) is 4.98 Å². The lowest BCUT2D eigenvalue weighted by atomic mass is 9.79. The number of anilines is 1. The Bertz CT molecular complexity index is 1180. The number of piperidine rings is 1. The van der Waals surface area contributed by atoms with E-state index >= 15 is 0 Å². The van der Waals surface area contributed by atoms with Gasteiger partial charge in [0.2, 0.25) is 0 Å². The first-order chi connectivity index (χ1) is 14.8. The van der Waals surface area contributed by atoms with Crippen LogP contribution in [-0.2, 0) is 0 Å². The molecule has 31 heavy (non-hydrogen) atoms. The third kappa shape index (κ3) is 4.05. The Balaban J connectivity index is 1.40. The van der Waals surface area contributed by atoms with E-state index in [9.17, 15) is 0 Å². The summed E-state index contributed by atoms with van der Waals surface area (Å²) in [5.74, 6) is 0.817. The van der Waals surface area contributed by atoms with Crippen molar-refractivity contribution >= 4 is 27.4 Å². The largest absolute Gasteiger partial charge is 0.366 e. The van der Waals surface area contributed by atoms with E-state index in [1.54, 1.807) is 11.3 Å². The number of benzene rings is 1. The Kier molecular flexibility index (Phi) is 4.79. The smallest absolute Gasteiger partial charge is 0.148 e. The average molecular weight is 434 g/mol. The van der Waals surface area contributed by atoms with Crippen LogP contribution in [0.5, 0.6) is 0 Å². The molecule has 160 valence electrons.